The predicted octanol–water partition coefficient (Wildman–Crippen LogP) is 5.10. The maximum Gasteiger partial charge on any atom is 0.251 e. The molecule has 0 aromatic heterocycles. The summed E-state index contributed by atoms with van der Waals surface area (Å²) in [5.41, 5.74) is 3.70. The van der Waals surface area contributed by atoms with Crippen LogP contribution in [-0.4, -0.2) is 133 Å². The number of hydrogen-bond acceptors (Lipinski definition) is 10. The van der Waals surface area contributed by atoms with Crippen molar-refractivity contribution in [1.82, 2.24) is 52.3 Å². The number of likely N-dealkylation sites (tertiary alicyclic amines) is 2. The third kappa shape index (κ3) is 14.0. The van der Waals surface area contributed by atoms with Crippen LogP contribution in [0.5, 0.6) is 0 Å². The van der Waals surface area contributed by atoms with Gasteiger partial charge >= 0.3 is 0 Å². The van der Waals surface area contributed by atoms with E-state index >= 15 is 0 Å². The molecular weight excluding hydrogens is 1050 g/mol. The molecule has 442 valence electrons. The van der Waals surface area contributed by atoms with Crippen molar-refractivity contribution < 1.29 is 47.1 Å². The molecule has 82 heavy (non-hydrogen) atoms. The summed E-state index contributed by atoms with van der Waals surface area (Å²) < 4.78 is 28.6. The van der Waals surface area contributed by atoms with Crippen LogP contribution in [0.15, 0.2) is 60.7 Å². The number of hydrogen-bond donors (Lipinski definition) is 8. The van der Waals surface area contributed by atoms with Gasteiger partial charge in [0.1, 0.15) is 35.8 Å². The summed E-state index contributed by atoms with van der Waals surface area (Å²) in [5.74, 6) is -4.31. The predicted molar refractivity (Wildman–Crippen MR) is 304 cm³/mol. The zero-order valence-electron chi connectivity index (χ0n) is 47.8. The molecule has 3 aromatic carbocycles. The van der Waals surface area contributed by atoms with Gasteiger partial charge in [0.2, 0.25) is 35.4 Å². The minimum atomic E-state index is -0.999. The Morgan fingerprint density at radius 3 is 1.23 bits per heavy atom. The highest BCUT2D eigenvalue weighted by Gasteiger charge is 2.47. The SMILES string of the molecule is CN[C@@H](C)C(=O)N[C@H](C(=O)N1C[C@@H](NC(=O)c2ccc(C(=O)N[C@H]3C[C@@H](C(=O)N[C@@H]4CCCc5cc(F)ccc54)N(C(=O)[C@@H](NC(=O)[C@H](C)NC)C4CCCCC4)C3)cc2)C[C@H]1C(=O)N[C@@H]1CCCc2cc(F)ccc21)C1CCCCC1. The largest absolute Gasteiger partial charge is 0.347 e. The lowest BCUT2D eigenvalue weighted by atomic mass is 9.83. The van der Waals surface area contributed by atoms with E-state index in [1.165, 1.54) is 58.3 Å². The number of likely N-dealkylation sites (N-methyl/N-ethyl adjacent to an activating group) is 2. The highest BCUT2D eigenvalue weighted by molar-refractivity contribution is 5.99. The number of nitrogens with zero attached hydrogens (tertiary/aromatic N) is 2. The van der Waals surface area contributed by atoms with Gasteiger partial charge < -0.3 is 52.3 Å². The molecule has 0 unspecified atom stereocenters. The van der Waals surface area contributed by atoms with Crippen LogP contribution in [0.3, 0.4) is 0 Å². The number of nitrogens with one attached hydrogen (secondary N) is 8. The minimum Gasteiger partial charge on any atom is -0.347 e. The van der Waals surface area contributed by atoms with Gasteiger partial charge in [-0.3, -0.25) is 38.4 Å². The smallest absolute Gasteiger partial charge is 0.251 e. The lowest BCUT2D eigenvalue weighted by molar-refractivity contribution is -0.143. The molecule has 2 saturated carbocycles. The molecule has 2 heterocycles. The molecule has 6 aliphatic rings. The number of carbonyl (C=O) groups is 8. The number of halogens is 2. The molecule has 3 aromatic rings. The molecule has 9 rings (SSSR count). The zero-order chi connectivity index (χ0) is 58.2. The van der Waals surface area contributed by atoms with E-state index in [1.54, 1.807) is 40.1 Å². The van der Waals surface area contributed by atoms with Crippen LogP contribution in [0, 0.1) is 23.5 Å². The first-order chi connectivity index (χ1) is 39.5. The van der Waals surface area contributed by atoms with E-state index in [9.17, 15) is 47.1 Å². The zero-order valence-corrected chi connectivity index (χ0v) is 47.8. The number of fused-ring (bicyclic) bond motifs is 2. The number of carbonyl (C=O) groups excluding carboxylic acids is 8. The average Bonchev–Trinajstić information content (AvgIpc) is 4.31. The second-order valence-electron chi connectivity index (χ2n) is 23.8. The van der Waals surface area contributed by atoms with Gasteiger partial charge in [-0.1, -0.05) is 50.7 Å². The van der Waals surface area contributed by atoms with Gasteiger partial charge in [0.15, 0.2) is 0 Å². The van der Waals surface area contributed by atoms with Gasteiger partial charge in [-0.25, -0.2) is 8.78 Å². The molecule has 18 nitrogen and oxygen atoms in total. The Kier molecular flexibility index (Phi) is 19.7. The summed E-state index contributed by atoms with van der Waals surface area (Å²) in [4.78, 5) is 117. The topological polar surface area (TPSA) is 239 Å². The summed E-state index contributed by atoms with van der Waals surface area (Å²) in [6.07, 6.45) is 12.8. The van der Waals surface area contributed by atoms with E-state index in [0.717, 1.165) is 99.3 Å². The van der Waals surface area contributed by atoms with Gasteiger partial charge in [0, 0.05) is 36.3 Å². The van der Waals surface area contributed by atoms with Crippen molar-refractivity contribution in [2.75, 3.05) is 27.2 Å². The summed E-state index contributed by atoms with van der Waals surface area (Å²) in [5, 5.41) is 24.3. The first-order valence-corrected chi connectivity index (χ1v) is 30.0. The second kappa shape index (κ2) is 27.1. The summed E-state index contributed by atoms with van der Waals surface area (Å²) >= 11 is 0. The Balaban J connectivity index is 0.901. The quantitative estimate of drug-likeness (QED) is 0.0839. The molecule has 10 atom stereocenters. The molecule has 2 aliphatic heterocycles. The normalized spacial score (nSPS) is 24.4. The van der Waals surface area contributed by atoms with Gasteiger partial charge in [-0.05, 0) is 188 Å². The highest BCUT2D eigenvalue weighted by atomic mass is 19.1. The standard InChI is InChI=1S/C62H82F2N10O8/c1-35(65-3)55(75)71-53(37-13-7-5-8-14-37)61(81)73-33-45(31-51(73)59(79)69-49-19-11-17-41-29-43(63)25-27-47(41)49)67-57(77)39-21-23-40(24-22-39)58(78)68-46-32-52(60(80)70-50-20-12-18-42-30-44(64)26-28-48(42)50)74(34-46)62(82)54(38-15-9-6-10-16-38)72-56(76)36(2)66-4/h21-30,35-38,45-46,49-54,65-66H,5-20,31-34H2,1-4H3,(H,67,77)(H,68,78)(H,69,79)(H,70,80)(H,71,75)(H,72,76)/t35-,36-,45-,46-,49+,50+,51-,52-,53-,54-/m0/s1. The fourth-order valence-electron chi connectivity index (χ4n) is 13.5. The lowest BCUT2D eigenvalue weighted by Gasteiger charge is -2.35. The highest BCUT2D eigenvalue weighted by Crippen LogP contribution is 2.35. The van der Waals surface area contributed by atoms with Crippen LogP contribution in [-0.2, 0) is 41.6 Å². The molecule has 20 heteroatoms. The maximum atomic E-state index is 14.9. The summed E-state index contributed by atoms with van der Waals surface area (Å²) in [6, 6.07) is 8.02. The Morgan fingerprint density at radius 1 is 0.488 bits per heavy atom. The molecule has 0 spiro atoms. The number of aryl methyl sites for hydroxylation is 2. The van der Waals surface area contributed by atoms with Gasteiger partial charge in [0.25, 0.3) is 11.8 Å². The monoisotopic (exact) mass is 1130 g/mol. The van der Waals surface area contributed by atoms with Crippen LogP contribution in [0.2, 0.25) is 0 Å². The number of rotatable bonds is 18. The second-order valence-corrected chi connectivity index (χ2v) is 23.8. The van der Waals surface area contributed by atoms with Crippen LogP contribution in [0.1, 0.15) is 172 Å². The Labute approximate surface area is 479 Å². The first kappa shape index (κ1) is 59.8. The van der Waals surface area contributed by atoms with E-state index in [-0.39, 0.29) is 72.3 Å². The molecule has 0 bridgehead atoms. The van der Waals surface area contributed by atoms with Crippen LogP contribution < -0.4 is 42.5 Å². The average molecular weight is 1130 g/mol. The van der Waals surface area contributed by atoms with Crippen LogP contribution in [0.25, 0.3) is 0 Å². The third-order valence-electron chi connectivity index (χ3n) is 18.3. The van der Waals surface area contributed by atoms with E-state index in [1.807, 2.05) is 0 Å². The molecule has 4 fully saturated rings. The molecule has 2 saturated heterocycles. The van der Waals surface area contributed by atoms with E-state index in [0.29, 0.717) is 25.7 Å². The fraction of sp³-hybridized carbons (Fsp3) is 0.581. The minimum absolute atomic E-state index is 0.00696. The molecule has 8 amide bonds. The summed E-state index contributed by atoms with van der Waals surface area (Å²) in [6.45, 7) is 3.40. The maximum absolute atomic E-state index is 14.9. The van der Waals surface area contributed by atoms with Crippen molar-refractivity contribution in [3.63, 3.8) is 0 Å². The fourth-order valence-corrected chi connectivity index (χ4v) is 13.5. The van der Waals surface area contributed by atoms with E-state index < -0.39 is 95.9 Å². The molecule has 8 N–H and O–H groups in total. The molecule has 0 radical (unpaired) electrons. The summed E-state index contributed by atoms with van der Waals surface area (Å²) in [7, 11) is 3.33. The number of amides is 8. The van der Waals surface area contributed by atoms with Crippen molar-refractivity contribution in [2.24, 2.45) is 11.8 Å². The van der Waals surface area contributed by atoms with Crippen molar-refractivity contribution >= 4 is 47.3 Å². The van der Waals surface area contributed by atoms with Crippen LogP contribution in [0.4, 0.5) is 8.78 Å². The van der Waals surface area contributed by atoms with Crippen molar-refractivity contribution in [3.8, 4) is 0 Å². The Bertz CT molecular complexity index is 2650. The van der Waals surface area contributed by atoms with Gasteiger partial charge in [-0.15, -0.1) is 0 Å². The first-order valence-electron chi connectivity index (χ1n) is 30.0. The van der Waals surface area contributed by atoms with Crippen molar-refractivity contribution in [2.45, 2.75) is 190 Å². The van der Waals surface area contributed by atoms with E-state index in [2.05, 4.69) is 42.5 Å². The number of benzene rings is 3. The lowest BCUT2D eigenvalue weighted by Crippen LogP contribution is -2.58. The Morgan fingerprint density at radius 2 is 0.866 bits per heavy atom. The van der Waals surface area contributed by atoms with E-state index in [4.69, 9.17) is 0 Å². The molecular formula is C62H82F2N10O8. The van der Waals surface area contributed by atoms with Crippen LogP contribution >= 0.6 is 0 Å². The Hall–Kier alpha value is -6.80. The molecule has 4 aliphatic carbocycles. The van der Waals surface area contributed by atoms with Crippen molar-refractivity contribution in [1.29, 1.82) is 0 Å². The third-order valence-corrected chi connectivity index (χ3v) is 18.3. The van der Waals surface area contributed by atoms with Crippen molar-refractivity contribution in [3.05, 3.63) is 106 Å². The van der Waals surface area contributed by atoms with Gasteiger partial charge in [0.05, 0.1) is 24.2 Å². The van der Waals surface area contributed by atoms with Gasteiger partial charge in [-0.2, -0.15) is 0 Å².